The number of nitrogen functional groups attached to an aromatic ring is 2. The third-order valence-corrected chi connectivity index (χ3v) is 7.41. The number of nitrogens with zero attached hydrogens (tertiary/aromatic N) is 11. The standard InChI is InChI=1S/C16H15N7.C15H13N7/c1-22-9-20-11(10-6-4-3-5-7-10)13(22)16-21-12-14(17)18-8-19-15(12)23(16)2;1-22-8-19-10(9-5-3-2-4-6-9)12(22)15-20-11-13(16)17-7-18-14(11)21-15/h3-9H,1-2H3,(H2,17,18,19);2-8H,1H3,(H3,16,17,18,20,21). The number of aromatic nitrogens is 12. The molecule has 0 aliphatic carbocycles. The lowest BCUT2D eigenvalue weighted by Gasteiger charge is -2.06. The number of aryl methyl sites for hydroxylation is 3. The van der Waals surface area contributed by atoms with Crippen molar-refractivity contribution < 1.29 is 0 Å². The first kappa shape index (κ1) is 27.4. The van der Waals surface area contributed by atoms with Crippen molar-refractivity contribution in [2.45, 2.75) is 0 Å². The zero-order valence-corrected chi connectivity index (χ0v) is 24.7. The molecule has 0 radical (unpaired) electrons. The van der Waals surface area contributed by atoms with Gasteiger partial charge in [0.1, 0.15) is 29.6 Å². The fourth-order valence-corrected chi connectivity index (χ4v) is 5.20. The predicted molar refractivity (Wildman–Crippen MR) is 172 cm³/mol. The van der Waals surface area contributed by atoms with E-state index in [0.717, 1.165) is 39.7 Å². The van der Waals surface area contributed by atoms with E-state index in [-0.39, 0.29) is 0 Å². The number of anilines is 2. The second kappa shape index (κ2) is 11.0. The Kier molecular flexibility index (Phi) is 6.70. The van der Waals surface area contributed by atoms with Crippen LogP contribution in [0.15, 0.2) is 86.0 Å². The van der Waals surface area contributed by atoms with Gasteiger partial charge in [-0.05, 0) is 0 Å². The minimum atomic E-state index is 0.375. The van der Waals surface area contributed by atoms with Gasteiger partial charge in [0.05, 0.1) is 24.0 Å². The Morgan fingerprint density at radius 2 is 1.20 bits per heavy atom. The van der Waals surface area contributed by atoms with Crippen LogP contribution in [0.4, 0.5) is 11.6 Å². The summed E-state index contributed by atoms with van der Waals surface area (Å²) in [4.78, 5) is 37.8. The van der Waals surface area contributed by atoms with E-state index in [4.69, 9.17) is 11.5 Å². The van der Waals surface area contributed by atoms with Crippen molar-refractivity contribution in [3.8, 4) is 45.6 Å². The Labute approximate surface area is 256 Å². The molecule has 8 aromatic rings. The third kappa shape index (κ3) is 4.79. The Hall–Kier alpha value is -6.44. The van der Waals surface area contributed by atoms with Crippen molar-refractivity contribution >= 4 is 34.0 Å². The van der Waals surface area contributed by atoms with Gasteiger partial charge in [-0.15, -0.1) is 0 Å². The van der Waals surface area contributed by atoms with Crippen LogP contribution in [0.25, 0.3) is 67.9 Å². The second-order valence-electron chi connectivity index (χ2n) is 10.3. The molecule has 0 saturated carbocycles. The van der Waals surface area contributed by atoms with E-state index in [1.807, 2.05) is 95.5 Å². The Balaban J connectivity index is 0.000000145. The number of fused-ring (bicyclic) bond motifs is 2. The van der Waals surface area contributed by atoms with Crippen LogP contribution in [0.1, 0.15) is 0 Å². The fourth-order valence-electron chi connectivity index (χ4n) is 5.20. The van der Waals surface area contributed by atoms with Gasteiger partial charge in [-0.2, -0.15) is 0 Å². The molecule has 0 saturated heterocycles. The van der Waals surface area contributed by atoms with Gasteiger partial charge in [-0.1, -0.05) is 60.7 Å². The summed E-state index contributed by atoms with van der Waals surface area (Å²) in [6.07, 6.45) is 6.40. The number of hydrogen-bond donors (Lipinski definition) is 3. The topological polar surface area (TPSA) is 186 Å². The molecule has 6 heterocycles. The zero-order valence-electron chi connectivity index (χ0n) is 24.7. The summed E-state index contributed by atoms with van der Waals surface area (Å²) in [7, 11) is 5.79. The first-order chi connectivity index (χ1) is 21.9. The van der Waals surface area contributed by atoms with E-state index in [0.29, 0.717) is 39.8 Å². The van der Waals surface area contributed by atoms with Gasteiger partial charge in [0.2, 0.25) is 0 Å². The summed E-state index contributed by atoms with van der Waals surface area (Å²) in [6, 6.07) is 20.0. The van der Waals surface area contributed by atoms with E-state index in [1.54, 1.807) is 12.7 Å². The van der Waals surface area contributed by atoms with Crippen molar-refractivity contribution in [2.24, 2.45) is 21.1 Å². The van der Waals surface area contributed by atoms with Crippen molar-refractivity contribution in [3.05, 3.63) is 86.0 Å². The molecule has 0 fully saturated rings. The average Bonchev–Trinajstić information content (AvgIpc) is 3.84. The van der Waals surface area contributed by atoms with Gasteiger partial charge < -0.3 is 30.2 Å². The maximum absolute atomic E-state index is 5.93. The SMILES string of the molecule is Cn1cnc(-c2ccccc2)c1-c1nc2c(N)ncnc2n1C.Cn1cnc(-c2ccccc2)c1-c1nc2ncnc(N)c2[nH]1. The summed E-state index contributed by atoms with van der Waals surface area (Å²) >= 11 is 0. The minimum absolute atomic E-state index is 0.375. The molecule has 0 spiro atoms. The highest BCUT2D eigenvalue weighted by Gasteiger charge is 2.21. The van der Waals surface area contributed by atoms with E-state index < -0.39 is 0 Å². The Morgan fingerprint density at radius 1 is 0.622 bits per heavy atom. The molecule has 2 aromatic carbocycles. The van der Waals surface area contributed by atoms with Gasteiger partial charge >= 0.3 is 0 Å². The molecule has 6 aromatic heterocycles. The summed E-state index contributed by atoms with van der Waals surface area (Å²) in [5, 5.41) is 0. The van der Waals surface area contributed by atoms with Crippen LogP contribution < -0.4 is 11.5 Å². The Bertz CT molecular complexity index is 2280. The minimum Gasteiger partial charge on any atom is -0.382 e. The van der Waals surface area contributed by atoms with Gasteiger partial charge in [0.25, 0.3) is 0 Å². The van der Waals surface area contributed by atoms with Crippen LogP contribution in [-0.2, 0) is 21.1 Å². The highest BCUT2D eigenvalue weighted by molar-refractivity contribution is 5.88. The van der Waals surface area contributed by atoms with E-state index in [1.165, 1.54) is 12.7 Å². The van der Waals surface area contributed by atoms with E-state index in [9.17, 15) is 0 Å². The molecule has 0 aliphatic heterocycles. The highest BCUT2D eigenvalue weighted by Crippen LogP contribution is 2.32. The molecule has 0 bridgehead atoms. The summed E-state index contributed by atoms with van der Waals surface area (Å²) in [6.45, 7) is 0. The van der Waals surface area contributed by atoms with Crippen molar-refractivity contribution in [1.82, 2.24) is 58.6 Å². The molecule has 14 nitrogen and oxygen atoms in total. The van der Waals surface area contributed by atoms with Crippen molar-refractivity contribution in [3.63, 3.8) is 0 Å². The number of benzene rings is 2. The first-order valence-electron chi connectivity index (χ1n) is 13.9. The molecule has 5 N–H and O–H groups in total. The second-order valence-corrected chi connectivity index (χ2v) is 10.3. The highest BCUT2D eigenvalue weighted by atomic mass is 15.2. The number of imidazole rings is 4. The number of nitrogens with one attached hydrogen (secondary N) is 1. The first-order valence-corrected chi connectivity index (χ1v) is 13.9. The average molecular weight is 597 g/mol. The van der Waals surface area contributed by atoms with Gasteiger partial charge in [0.15, 0.2) is 40.1 Å². The lowest BCUT2D eigenvalue weighted by Crippen LogP contribution is -2.00. The Morgan fingerprint density at radius 3 is 1.82 bits per heavy atom. The van der Waals surface area contributed by atoms with Crippen molar-refractivity contribution in [1.29, 1.82) is 0 Å². The largest absolute Gasteiger partial charge is 0.382 e. The molecular weight excluding hydrogens is 568 g/mol. The van der Waals surface area contributed by atoms with Crippen LogP contribution in [0.2, 0.25) is 0 Å². The number of hydrogen-bond acceptors (Lipinski definition) is 10. The molecule has 14 heteroatoms. The normalized spacial score (nSPS) is 11.2. The van der Waals surface area contributed by atoms with Gasteiger partial charge in [-0.25, -0.2) is 39.9 Å². The maximum atomic E-state index is 5.93. The maximum Gasteiger partial charge on any atom is 0.183 e. The molecule has 0 aliphatic rings. The number of nitrogens with two attached hydrogens (primary N) is 2. The molecule has 222 valence electrons. The number of aromatic amines is 1. The number of rotatable bonds is 4. The van der Waals surface area contributed by atoms with Gasteiger partial charge in [-0.3, -0.25) is 0 Å². The van der Waals surface area contributed by atoms with Crippen LogP contribution in [0.3, 0.4) is 0 Å². The van der Waals surface area contributed by atoms with Gasteiger partial charge in [0, 0.05) is 32.3 Å². The summed E-state index contributed by atoms with van der Waals surface area (Å²) in [5.41, 5.74) is 19.9. The predicted octanol–water partition coefficient (Wildman–Crippen LogP) is 4.02. The molecular formula is C31H28N14. The smallest absolute Gasteiger partial charge is 0.183 e. The monoisotopic (exact) mass is 596 g/mol. The zero-order chi connectivity index (χ0) is 31.1. The summed E-state index contributed by atoms with van der Waals surface area (Å²) in [5.74, 6) is 2.18. The quantitative estimate of drug-likeness (QED) is 0.268. The molecule has 45 heavy (non-hydrogen) atoms. The molecule has 0 unspecified atom stereocenters. The molecule has 8 rings (SSSR count). The molecule has 0 amide bonds. The van der Waals surface area contributed by atoms with Crippen LogP contribution >= 0.6 is 0 Å². The summed E-state index contributed by atoms with van der Waals surface area (Å²) < 4.78 is 5.79. The molecule has 0 atom stereocenters. The van der Waals surface area contributed by atoms with Crippen LogP contribution in [-0.4, -0.2) is 58.6 Å². The fraction of sp³-hybridized carbons (Fsp3) is 0.0968. The lowest BCUT2D eigenvalue weighted by atomic mass is 10.1. The van der Waals surface area contributed by atoms with E-state index >= 15 is 0 Å². The van der Waals surface area contributed by atoms with E-state index in [2.05, 4.69) is 44.9 Å². The third-order valence-electron chi connectivity index (χ3n) is 7.41. The number of H-pyrrole nitrogens is 1. The van der Waals surface area contributed by atoms with Crippen LogP contribution in [0.5, 0.6) is 0 Å². The van der Waals surface area contributed by atoms with Crippen LogP contribution in [0, 0.1) is 0 Å². The lowest BCUT2D eigenvalue weighted by molar-refractivity contribution is 0.876. The van der Waals surface area contributed by atoms with Crippen molar-refractivity contribution in [2.75, 3.05) is 11.5 Å².